The second kappa shape index (κ2) is 8.98. The van der Waals surface area contributed by atoms with Gasteiger partial charge in [0.15, 0.2) is 5.88 Å². The Morgan fingerprint density at radius 1 is 1.10 bits per heavy atom. The molecule has 40 heavy (non-hydrogen) atoms. The summed E-state index contributed by atoms with van der Waals surface area (Å²) in [6.07, 6.45) is 3.96. The number of hydrogen-bond acceptors (Lipinski definition) is 4. The van der Waals surface area contributed by atoms with Crippen LogP contribution in [0.1, 0.15) is 35.6 Å². The summed E-state index contributed by atoms with van der Waals surface area (Å²) in [5.41, 5.74) is 7.64. The van der Waals surface area contributed by atoms with E-state index >= 15 is 0 Å². The van der Waals surface area contributed by atoms with E-state index in [9.17, 15) is 9.18 Å². The smallest absolute Gasteiger partial charge is 0.416 e. The van der Waals surface area contributed by atoms with Crippen molar-refractivity contribution >= 4 is 27.9 Å². The van der Waals surface area contributed by atoms with Crippen molar-refractivity contribution in [1.82, 2.24) is 19.7 Å². The minimum atomic E-state index is -0.378. The highest BCUT2D eigenvalue weighted by Gasteiger charge is 2.45. The average Bonchev–Trinajstić information content (AvgIpc) is 3.58. The van der Waals surface area contributed by atoms with Crippen LogP contribution in [0.4, 0.5) is 9.18 Å². The third kappa shape index (κ3) is 3.55. The second-order valence-corrected chi connectivity index (χ2v) is 10.8. The fraction of sp³-hybridized carbons (Fsp3) is 0.250. The Kier molecular flexibility index (Phi) is 5.23. The van der Waals surface area contributed by atoms with Crippen LogP contribution in [-0.2, 0) is 22.5 Å². The van der Waals surface area contributed by atoms with Gasteiger partial charge < -0.3 is 14.0 Å². The Morgan fingerprint density at radius 2 is 1.95 bits per heavy atom. The van der Waals surface area contributed by atoms with Crippen molar-refractivity contribution in [2.75, 3.05) is 13.2 Å². The van der Waals surface area contributed by atoms with E-state index < -0.39 is 0 Å². The van der Waals surface area contributed by atoms with E-state index in [-0.39, 0.29) is 30.4 Å². The number of ether oxygens (including phenoxy) is 2. The zero-order valence-electron chi connectivity index (χ0n) is 21.8. The summed E-state index contributed by atoms with van der Waals surface area (Å²) >= 11 is 0. The number of H-pyrrole nitrogens is 1. The summed E-state index contributed by atoms with van der Waals surface area (Å²) in [5, 5.41) is 9.59. The number of nitrogens with zero attached hydrogens (tertiary/aromatic N) is 3. The third-order valence-corrected chi connectivity index (χ3v) is 8.62. The Hall–Kier alpha value is -4.59. The first-order valence-corrected chi connectivity index (χ1v) is 13.8. The van der Waals surface area contributed by atoms with Gasteiger partial charge in [0.25, 0.3) is 0 Å². The van der Waals surface area contributed by atoms with Crippen LogP contribution >= 0.6 is 0 Å². The van der Waals surface area contributed by atoms with Gasteiger partial charge in [-0.2, -0.15) is 5.10 Å². The van der Waals surface area contributed by atoms with Crippen LogP contribution in [0.25, 0.3) is 27.5 Å². The van der Waals surface area contributed by atoms with Gasteiger partial charge in [0.2, 0.25) is 0 Å². The Bertz CT molecular complexity index is 1810. The van der Waals surface area contributed by atoms with Crippen LogP contribution in [-0.4, -0.2) is 38.9 Å². The van der Waals surface area contributed by atoms with Gasteiger partial charge in [-0.05, 0) is 72.7 Å². The van der Waals surface area contributed by atoms with Crippen molar-refractivity contribution in [1.29, 1.82) is 0 Å². The van der Waals surface area contributed by atoms with Crippen LogP contribution in [0, 0.1) is 11.7 Å². The molecule has 3 aromatic carbocycles. The first-order valence-electron chi connectivity index (χ1n) is 13.8. The zero-order chi connectivity index (χ0) is 26.8. The molecule has 8 heteroatoms. The fourth-order valence-corrected chi connectivity index (χ4v) is 6.87. The number of allylic oxidation sites excluding steroid dienone is 1. The minimum Gasteiger partial charge on any atom is -0.479 e. The summed E-state index contributed by atoms with van der Waals surface area (Å²) in [5.74, 6) is 0.745. The standard InChI is InChI=1S/C32H27FN4O3/c33-22-6-8-23(9-7-22)37-28-15-21-17-34-35-27(21)16-25(28)26-14-20-10-12-36(31-29(20)24(30(26)37)11-13-39-31)32(38)40-18-19-4-2-1-3-5-19/h1-9,15-17,20,24H,10-14,18H2,(H,34,35). The molecule has 200 valence electrons. The summed E-state index contributed by atoms with van der Waals surface area (Å²) < 4.78 is 28.2. The molecule has 1 aliphatic carbocycles. The van der Waals surface area contributed by atoms with Crippen molar-refractivity contribution < 1.29 is 18.7 Å². The molecule has 0 saturated carbocycles. The molecular formula is C32H27FN4O3. The number of aromatic nitrogens is 3. The number of nitrogens with one attached hydrogen (secondary N) is 1. The van der Waals surface area contributed by atoms with Crippen LogP contribution < -0.4 is 0 Å². The largest absolute Gasteiger partial charge is 0.479 e. The molecule has 2 aliphatic heterocycles. The van der Waals surface area contributed by atoms with Crippen LogP contribution in [0.3, 0.4) is 0 Å². The number of carbonyl (C=O) groups is 1. The summed E-state index contributed by atoms with van der Waals surface area (Å²) in [4.78, 5) is 15.0. The number of carbonyl (C=O) groups excluding carboxylic acids is 1. The lowest BCUT2D eigenvalue weighted by molar-refractivity contribution is 0.0414. The Morgan fingerprint density at radius 3 is 2.80 bits per heavy atom. The summed E-state index contributed by atoms with van der Waals surface area (Å²) in [6.45, 7) is 1.28. The van der Waals surface area contributed by atoms with E-state index in [2.05, 4.69) is 26.9 Å². The van der Waals surface area contributed by atoms with Crippen molar-refractivity contribution in [2.24, 2.45) is 5.92 Å². The normalized spacial score (nSPS) is 19.9. The molecule has 0 saturated heterocycles. The highest BCUT2D eigenvalue weighted by Crippen LogP contribution is 2.52. The van der Waals surface area contributed by atoms with E-state index in [4.69, 9.17) is 9.47 Å². The molecule has 0 fully saturated rings. The fourth-order valence-electron chi connectivity index (χ4n) is 6.87. The van der Waals surface area contributed by atoms with Gasteiger partial charge in [-0.15, -0.1) is 0 Å². The van der Waals surface area contributed by atoms with E-state index in [1.807, 2.05) is 48.7 Å². The molecule has 5 aromatic rings. The molecule has 1 amide bonds. The van der Waals surface area contributed by atoms with E-state index in [0.29, 0.717) is 19.0 Å². The number of aromatic amines is 1. The predicted octanol–water partition coefficient (Wildman–Crippen LogP) is 6.58. The number of benzene rings is 3. The highest BCUT2D eigenvalue weighted by atomic mass is 19.1. The molecule has 8 rings (SSSR count). The molecule has 1 N–H and O–H groups in total. The van der Waals surface area contributed by atoms with Crippen LogP contribution in [0.15, 0.2) is 84.4 Å². The van der Waals surface area contributed by atoms with E-state index in [0.717, 1.165) is 46.9 Å². The second-order valence-electron chi connectivity index (χ2n) is 10.8. The number of amides is 1. The van der Waals surface area contributed by atoms with Crippen molar-refractivity contribution in [2.45, 2.75) is 31.8 Å². The van der Waals surface area contributed by atoms with Gasteiger partial charge in [0.05, 0.1) is 23.8 Å². The quantitative estimate of drug-likeness (QED) is 0.284. The molecule has 0 spiro atoms. The number of rotatable bonds is 3. The summed E-state index contributed by atoms with van der Waals surface area (Å²) in [7, 11) is 0. The zero-order valence-corrected chi connectivity index (χ0v) is 21.8. The maximum atomic E-state index is 14.0. The topological polar surface area (TPSA) is 72.4 Å². The van der Waals surface area contributed by atoms with Crippen LogP contribution in [0.2, 0.25) is 0 Å². The SMILES string of the molecule is O=C(OCc1ccccc1)N1CCC2Cc3c(n(-c4ccc(F)cc4)c4cc5cn[nH]c5cc34)C3CCOC1=C23. The maximum Gasteiger partial charge on any atom is 0.416 e. The minimum absolute atomic E-state index is 0.0798. The Balaban J connectivity index is 1.26. The van der Waals surface area contributed by atoms with Gasteiger partial charge >= 0.3 is 6.09 Å². The number of halogens is 1. The molecule has 2 aromatic heterocycles. The molecule has 2 atom stereocenters. The number of hydrogen-bond donors (Lipinski definition) is 1. The average molecular weight is 535 g/mol. The lowest BCUT2D eigenvalue weighted by atomic mass is 9.71. The lowest BCUT2D eigenvalue weighted by Crippen LogP contribution is -2.44. The van der Waals surface area contributed by atoms with Gasteiger partial charge in [0.1, 0.15) is 12.4 Å². The molecule has 2 unspecified atom stereocenters. The first-order chi connectivity index (χ1) is 19.7. The molecule has 0 bridgehead atoms. The molecule has 7 nitrogen and oxygen atoms in total. The van der Waals surface area contributed by atoms with Gasteiger partial charge in [-0.3, -0.25) is 5.10 Å². The predicted molar refractivity (Wildman–Crippen MR) is 148 cm³/mol. The molecule has 0 radical (unpaired) electrons. The maximum absolute atomic E-state index is 14.0. The van der Waals surface area contributed by atoms with Crippen molar-refractivity contribution in [3.8, 4) is 5.69 Å². The number of fused-ring (bicyclic) bond motifs is 5. The highest BCUT2D eigenvalue weighted by molar-refractivity contribution is 5.99. The van der Waals surface area contributed by atoms with Gasteiger partial charge in [-0.1, -0.05) is 30.3 Å². The molecule has 4 heterocycles. The van der Waals surface area contributed by atoms with Crippen LogP contribution in [0.5, 0.6) is 0 Å². The van der Waals surface area contributed by atoms with Crippen molar-refractivity contribution in [3.63, 3.8) is 0 Å². The summed E-state index contributed by atoms with van der Waals surface area (Å²) in [6, 6.07) is 20.8. The molecular weight excluding hydrogens is 507 g/mol. The van der Waals surface area contributed by atoms with E-state index in [1.54, 1.807) is 4.90 Å². The first kappa shape index (κ1) is 23.3. The molecule has 3 aliphatic rings. The van der Waals surface area contributed by atoms with E-state index in [1.165, 1.54) is 34.3 Å². The lowest BCUT2D eigenvalue weighted by Gasteiger charge is -2.44. The van der Waals surface area contributed by atoms with Gasteiger partial charge in [0, 0.05) is 40.2 Å². The van der Waals surface area contributed by atoms with Gasteiger partial charge in [-0.25, -0.2) is 14.1 Å². The van der Waals surface area contributed by atoms with Crippen molar-refractivity contribution in [3.05, 3.63) is 107 Å². The third-order valence-electron chi connectivity index (χ3n) is 8.62. The Labute approximate surface area is 229 Å². The monoisotopic (exact) mass is 534 g/mol.